The normalized spacial score (nSPS) is 16.3. The Morgan fingerprint density at radius 3 is 2.37 bits per heavy atom. The minimum Gasteiger partial charge on any atom is -0.306 e. The number of pyridine rings is 1. The number of aromatic nitrogens is 1. The Morgan fingerprint density at radius 1 is 1.11 bits per heavy atom. The predicted octanol–water partition coefficient (Wildman–Crippen LogP) is 2.47. The third-order valence-corrected chi connectivity index (χ3v) is 6.83. The second kappa shape index (κ2) is 8.73. The first-order valence-electron chi connectivity index (χ1n) is 9.20. The molecule has 1 aromatic carbocycles. The molecule has 3 rings (SSSR count). The van der Waals surface area contributed by atoms with Crippen molar-refractivity contribution in [1.82, 2.24) is 14.6 Å². The molecule has 0 saturated carbocycles. The highest BCUT2D eigenvalue weighted by Gasteiger charge is 2.28. The molecule has 1 fully saturated rings. The van der Waals surface area contributed by atoms with Gasteiger partial charge in [0.15, 0.2) is 5.78 Å². The number of rotatable bonds is 7. The molecule has 0 radical (unpaired) electrons. The van der Waals surface area contributed by atoms with Crippen molar-refractivity contribution in [2.24, 2.45) is 5.92 Å². The van der Waals surface area contributed by atoms with Crippen LogP contribution in [0.4, 0.5) is 0 Å². The highest BCUT2D eigenvalue weighted by atomic mass is 32.2. The number of benzene rings is 1. The molecule has 1 aliphatic heterocycles. The molecule has 0 bridgehead atoms. The van der Waals surface area contributed by atoms with E-state index in [-0.39, 0.29) is 17.2 Å². The van der Waals surface area contributed by atoms with Crippen molar-refractivity contribution in [3.63, 3.8) is 0 Å². The van der Waals surface area contributed by atoms with Crippen molar-refractivity contribution in [3.05, 3.63) is 59.9 Å². The lowest BCUT2D eigenvalue weighted by Crippen LogP contribution is -2.37. The molecular weight excluding hydrogens is 362 g/mol. The van der Waals surface area contributed by atoms with Gasteiger partial charge in [0.05, 0.1) is 11.4 Å². The van der Waals surface area contributed by atoms with Gasteiger partial charge in [-0.25, -0.2) is 8.42 Å². The quantitative estimate of drug-likeness (QED) is 0.739. The minimum atomic E-state index is -3.48. The molecule has 0 spiro atoms. The predicted molar refractivity (Wildman–Crippen MR) is 104 cm³/mol. The van der Waals surface area contributed by atoms with Gasteiger partial charge in [-0.3, -0.25) is 9.78 Å². The van der Waals surface area contributed by atoms with Crippen LogP contribution in [0.15, 0.2) is 53.7 Å². The average Bonchev–Trinajstić information content (AvgIpc) is 2.69. The fourth-order valence-electron chi connectivity index (χ4n) is 3.11. The standard InChI is InChI=1S/C20H25N3O3S/c1-16-8-12-23(13-9-16)27(25,26)19-4-2-18(3-5-19)20(24)15-22-14-17-6-10-21-11-7-17/h2-7,10-11,16,22H,8-9,12-15H2,1H3. The summed E-state index contributed by atoms with van der Waals surface area (Å²) in [5, 5.41) is 3.10. The molecule has 1 N–H and O–H groups in total. The Morgan fingerprint density at radius 2 is 1.74 bits per heavy atom. The van der Waals surface area contributed by atoms with Crippen LogP contribution in [0.1, 0.15) is 35.7 Å². The number of piperidine rings is 1. The fraction of sp³-hybridized carbons (Fsp3) is 0.400. The zero-order chi connectivity index (χ0) is 19.3. The largest absolute Gasteiger partial charge is 0.306 e. The van der Waals surface area contributed by atoms with Crippen LogP contribution in [-0.2, 0) is 16.6 Å². The summed E-state index contributed by atoms with van der Waals surface area (Å²) >= 11 is 0. The zero-order valence-corrected chi connectivity index (χ0v) is 16.3. The van der Waals surface area contributed by atoms with Crippen molar-refractivity contribution < 1.29 is 13.2 Å². The zero-order valence-electron chi connectivity index (χ0n) is 15.5. The highest BCUT2D eigenvalue weighted by molar-refractivity contribution is 7.89. The number of sulfonamides is 1. The van der Waals surface area contributed by atoms with Crippen LogP contribution in [0.5, 0.6) is 0 Å². The first-order valence-corrected chi connectivity index (χ1v) is 10.6. The minimum absolute atomic E-state index is 0.0696. The van der Waals surface area contributed by atoms with E-state index < -0.39 is 10.0 Å². The molecule has 1 saturated heterocycles. The van der Waals surface area contributed by atoms with Crippen molar-refractivity contribution in [2.75, 3.05) is 19.6 Å². The molecule has 0 atom stereocenters. The van der Waals surface area contributed by atoms with Crippen molar-refractivity contribution in [2.45, 2.75) is 31.2 Å². The Balaban J connectivity index is 1.58. The Hall–Kier alpha value is -2.09. The Bertz CT molecular complexity index is 859. The second-order valence-electron chi connectivity index (χ2n) is 6.99. The van der Waals surface area contributed by atoms with E-state index in [1.807, 2.05) is 12.1 Å². The van der Waals surface area contributed by atoms with Gasteiger partial charge in [0.1, 0.15) is 0 Å². The van der Waals surface area contributed by atoms with E-state index in [0.717, 1.165) is 18.4 Å². The molecule has 1 aromatic heterocycles. The fourth-order valence-corrected chi connectivity index (χ4v) is 4.58. The summed E-state index contributed by atoms with van der Waals surface area (Å²) in [5.41, 5.74) is 1.55. The summed E-state index contributed by atoms with van der Waals surface area (Å²) in [7, 11) is -3.48. The molecule has 27 heavy (non-hydrogen) atoms. The molecule has 0 aliphatic carbocycles. The number of nitrogens with one attached hydrogen (secondary N) is 1. The van der Waals surface area contributed by atoms with Crippen LogP contribution < -0.4 is 5.32 Å². The molecule has 2 aromatic rings. The number of nitrogens with zero attached hydrogens (tertiary/aromatic N) is 2. The molecule has 1 aliphatic rings. The third-order valence-electron chi connectivity index (χ3n) is 4.92. The Kier molecular flexibility index (Phi) is 6.36. The number of ketones is 1. The second-order valence-corrected chi connectivity index (χ2v) is 8.93. The summed E-state index contributed by atoms with van der Waals surface area (Å²) in [5.74, 6) is 0.496. The van der Waals surface area contributed by atoms with E-state index >= 15 is 0 Å². The summed E-state index contributed by atoms with van der Waals surface area (Å²) in [6.45, 7) is 4.03. The smallest absolute Gasteiger partial charge is 0.243 e. The van der Waals surface area contributed by atoms with E-state index in [0.29, 0.717) is 31.1 Å². The molecule has 0 amide bonds. The van der Waals surface area contributed by atoms with Gasteiger partial charge < -0.3 is 5.32 Å². The lowest BCUT2D eigenvalue weighted by atomic mass is 10.0. The lowest BCUT2D eigenvalue weighted by molar-refractivity contribution is 0.0990. The maximum absolute atomic E-state index is 12.7. The van der Waals surface area contributed by atoms with E-state index in [1.54, 1.807) is 28.8 Å². The highest BCUT2D eigenvalue weighted by Crippen LogP contribution is 2.23. The van der Waals surface area contributed by atoms with Crippen LogP contribution in [-0.4, -0.2) is 43.1 Å². The van der Waals surface area contributed by atoms with E-state index in [1.165, 1.54) is 12.1 Å². The molecule has 7 heteroatoms. The molecule has 2 heterocycles. The van der Waals surface area contributed by atoms with Crippen LogP contribution in [0.3, 0.4) is 0 Å². The van der Waals surface area contributed by atoms with E-state index in [2.05, 4.69) is 17.2 Å². The average molecular weight is 388 g/mol. The first kappa shape index (κ1) is 19.7. The maximum atomic E-state index is 12.7. The van der Waals surface area contributed by atoms with Gasteiger partial charge in [0, 0.05) is 37.6 Å². The Labute approximate surface area is 160 Å². The van der Waals surface area contributed by atoms with Gasteiger partial charge in [0.2, 0.25) is 10.0 Å². The maximum Gasteiger partial charge on any atom is 0.243 e. The number of carbonyl (C=O) groups excluding carboxylic acids is 1. The SMILES string of the molecule is CC1CCN(S(=O)(=O)c2ccc(C(=O)CNCc3ccncc3)cc2)CC1. The van der Waals surface area contributed by atoms with Gasteiger partial charge in [-0.05, 0) is 48.6 Å². The number of Topliss-reactive ketones (excluding diaryl/α,β-unsaturated/α-hetero) is 1. The van der Waals surface area contributed by atoms with Crippen LogP contribution in [0.25, 0.3) is 0 Å². The first-order chi connectivity index (χ1) is 13.0. The van der Waals surface area contributed by atoms with Gasteiger partial charge in [-0.1, -0.05) is 19.1 Å². The van der Waals surface area contributed by atoms with E-state index in [9.17, 15) is 13.2 Å². The van der Waals surface area contributed by atoms with Crippen LogP contribution in [0.2, 0.25) is 0 Å². The number of carbonyl (C=O) groups is 1. The summed E-state index contributed by atoms with van der Waals surface area (Å²) in [4.78, 5) is 16.5. The van der Waals surface area contributed by atoms with E-state index in [4.69, 9.17) is 0 Å². The van der Waals surface area contributed by atoms with Crippen LogP contribution in [0, 0.1) is 5.92 Å². The van der Waals surface area contributed by atoms with Gasteiger partial charge in [0.25, 0.3) is 0 Å². The summed E-state index contributed by atoms with van der Waals surface area (Å²) in [6, 6.07) is 10.0. The molecule has 6 nitrogen and oxygen atoms in total. The van der Waals surface area contributed by atoms with Gasteiger partial charge in [-0.15, -0.1) is 0 Å². The van der Waals surface area contributed by atoms with Crippen molar-refractivity contribution in [1.29, 1.82) is 0 Å². The lowest BCUT2D eigenvalue weighted by Gasteiger charge is -2.29. The number of hydrogen-bond donors (Lipinski definition) is 1. The number of hydrogen-bond acceptors (Lipinski definition) is 5. The molecule has 0 unspecified atom stereocenters. The van der Waals surface area contributed by atoms with Crippen molar-refractivity contribution in [3.8, 4) is 0 Å². The molecular formula is C20H25N3O3S. The molecule has 144 valence electrons. The summed E-state index contributed by atoms with van der Waals surface area (Å²) in [6.07, 6.45) is 5.19. The van der Waals surface area contributed by atoms with Crippen LogP contribution >= 0.6 is 0 Å². The van der Waals surface area contributed by atoms with Crippen molar-refractivity contribution >= 4 is 15.8 Å². The van der Waals surface area contributed by atoms with Gasteiger partial charge >= 0.3 is 0 Å². The summed E-state index contributed by atoms with van der Waals surface area (Å²) < 4.78 is 27.0. The third kappa shape index (κ3) is 5.00. The van der Waals surface area contributed by atoms with Gasteiger partial charge in [-0.2, -0.15) is 4.31 Å². The topological polar surface area (TPSA) is 79.4 Å². The monoisotopic (exact) mass is 387 g/mol.